The molecule has 0 saturated heterocycles. The van der Waals surface area contributed by atoms with Crippen LogP contribution in [0.25, 0.3) is 0 Å². The standard InChI is InChI=1S/C15H19N3O2/c1-11(2)20-13-6-4-12(5-7-13)17-15(19)10-14-16-8-9-18(14)3/h4-9,11H,10H2,1-3H3,(H,17,19). The van der Waals surface area contributed by atoms with Gasteiger partial charge in [0.05, 0.1) is 12.5 Å². The lowest BCUT2D eigenvalue weighted by molar-refractivity contribution is -0.115. The number of aryl methyl sites for hydroxylation is 1. The van der Waals surface area contributed by atoms with Gasteiger partial charge in [0.1, 0.15) is 11.6 Å². The van der Waals surface area contributed by atoms with Crippen LogP contribution in [0.1, 0.15) is 19.7 Å². The maximum Gasteiger partial charge on any atom is 0.231 e. The molecule has 0 saturated carbocycles. The van der Waals surface area contributed by atoms with E-state index < -0.39 is 0 Å². The third-order valence-corrected chi connectivity index (χ3v) is 2.75. The Balaban J connectivity index is 1.93. The van der Waals surface area contributed by atoms with Crippen molar-refractivity contribution in [1.82, 2.24) is 9.55 Å². The Labute approximate surface area is 118 Å². The van der Waals surface area contributed by atoms with Crippen LogP contribution in [0, 0.1) is 0 Å². The number of nitrogens with one attached hydrogen (secondary N) is 1. The van der Waals surface area contributed by atoms with E-state index in [1.165, 1.54) is 0 Å². The maximum absolute atomic E-state index is 11.9. The van der Waals surface area contributed by atoms with Gasteiger partial charge in [-0.05, 0) is 38.1 Å². The number of anilines is 1. The molecule has 1 aromatic carbocycles. The van der Waals surface area contributed by atoms with Crippen molar-refractivity contribution in [2.75, 3.05) is 5.32 Å². The maximum atomic E-state index is 11.9. The fourth-order valence-corrected chi connectivity index (χ4v) is 1.80. The van der Waals surface area contributed by atoms with Crippen LogP contribution in [0.15, 0.2) is 36.7 Å². The Morgan fingerprint density at radius 1 is 1.35 bits per heavy atom. The van der Waals surface area contributed by atoms with Crippen LogP contribution < -0.4 is 10.1 Å². The largest absolute Gasteiger partial charge is 0.491 e. The summed E-state index contributed by atoms with van der Waals surface area (Å²) in [5.41, 5.74) is 0.750. The van der Waals surface area contributed by atoms with Crippen molar-refractivity contribution in [2.24, 2.45) is 7.05 Å². The number of imidazole rings is 1. The Bertz CT molecular complexity index is 573. The van der Waals surface area contributed by atoms with E-state index in [0.717, 1.165) is 17.3 Å². The highest BCUT2D eigenvalue weighted by molar-refractivity contribution is 5.91. The molecule has 0 spiro atoms. The lowest BCUT2D eigenvalue weighted by atomic mass is 10.3. The van der Waals surface area contributed by atoms with E-state index in [4.69, 9.17) is 4.74 Å². The van der Waals surface area contributed by atoms with Crippen LogP contribution >= 0.6 is 0 Å². The van der Waals surface area contributed by atoms with Gasteiger partial charge in [0.15, 0.2) is 0 Å². The minimum absolute atomic E-state index is 0.0863. The highest BCUT2D eigenvalue weighted by atomic mass is 16.5. The van der Waals surface area contributed by atoms with Gasteiger partial charge in [0.25, 0.3) is 0 Å². The van der Waals surface area contributed by atoms with E-state index in [9.17, 15) is 4.79 Å². The lowest BCUT2D eigenvalue weighted by Crippen LogP contribution is -2.16. The SMILES string of the molecule is CC(C)Oc1ccc(NC(=O)Cc2nccn2C)cc1. The summed E-state index contributed by atoms with van der Waals surface area (Å²) in [5.74, 6) is 1.45. The van der Waals surface area contributed by atoms with Crippen LogP contribution in [-0.4, -0.2) is 21.6 Å². The second-order valence-corrected chi connectivity index (χ2v) is 4.87. The molecule has 0 aliphatic heterocycles. The molecule has 1 N–H and O–H groups in total. The number of hydrogen-bond donors (Lipinski definition) is 1. The predicted molar refractivity (Wildman–Crippen MR) is 77.7 cm³/mol. The van der Waals surface area contributed by atoms with Crippen molar-refractivity contribution in [3.8, 4) is 5.75 Å². The molecule has 0 fully saturated rings. The molecule has 2 aromatic rings. The van der Waals surface area contributed by atoms with Gasteiger partial charge in [0, 0.05) is 25.1 Å². The molecule has 5 nitrogen and oxygen atoms in total. The van der Waals surface area contributed by atoms with Crippen molar-refractivity contribution in [2.45, 2.75) is 26.4 Å². The summed E-state index contributed by atoms with van der Waals surface area (Å²) in [5, 5.41) is 2.84. The van der Waals surface area contributed by atoms with Crippen LogP contribution in [0.3, 0.4) is 0 Å². The summed E-state index contributed by atoms with van der Waals surface area (Å²) in [6, 6.07) is 7.34. The average Bonchev–Trinajstić information content (AvgIpc) is 2.77. The smallest absolute Gasteiger partial charge is 0.231 e. The topological polar surface area (TPSA) is 56.1 Å². The van der Waals surface area contributed by atoms with Gasteiger partial charge >= 0.3 is 0 Å². The van der Waals surface area contributed by atoms with Crippen molar-refractivity contribution in [3.63, 3.8) is 0 Å². The van der Waals surface area contributed by atoms with E-state index >= 15 is 0 Å². The molecule has 20 heavy (non-hydrogen) atoms. The quantitative estimate of drug-likeness (QED) is 0.910. The Morgan fingerprint density at radius 2 is 2.05 bits per heavy atom. The predicted octanol–water partition coefficient (Wildman–Crippen LogP) is 2.39. The fraction of sp³-hybridized carbons (Fsp3) is 0.333. The minimum atomic E-state index is -0.0863. The van der Waals surface area contributed by atoms with Gasteiger partial charge in [-0.25, -0.2) is 4.98 Å². The summed E-state index contributed by atoms with van der Waals surface area (Å²) in [4.78, 5) is 16.0. The molecule has 106 valence electrons. The molecular formula is C15H19N3O2. The molecule has 1 aromatic heterocycles. The molecule has 5 heteroatoms. The molecule has 0 aliphatic carbocycles. The zero-order valence-electron chi connectivity index (χ0n) is 12.0. The van der Waals surface area contributed by atoms with Gasteiger partial charge < -0.3 is 14.6 Å². The molecule has 0 aliphatic rings. The van der Waals surface area contributed by atoms with Crippen LogP contribution in [0.2, 0.25) is 0 Å². The zero-order chi connectivity index (χ0) is 14.5. The number of hydrogen-bond acceptors (Lipinski definition) is 3. The van der Waals surface area contributed by atoms with Gasteiger partial charge in [-0.2, -0.15) is 0 Å². The van der Waals surface area contributed by atoms with E-state index in [1.807, 2.05) is 55.9 Å². The van der Waals surface area contributed by atoms with Crippen molar-refractivity contribution >= 4 is 11.6 Å². The second kappa shape index (κ2) is 6.23. The summed E-state index contributed by atoms with van der Waals surface area (Å²) < 4.78 is 7.38. The molecule has 0 unspecified atom stereocenters. The van der Waals surface area contributed by atoms with Crippen molar-refractivity contribution in [1.29, 1.82) is 0 Å². The third kappa shape index (κ3) is 3.85. The number of rotatable bonds is 5. The highest BCUT2D eigenvalue weighted by Gasteiger charge is 2.08. The minimum Gasteiger partial charge on any atom is -0.491 e. The Kier molecular flexibility index (Phi) is 4.40. The number of ether oxygens (including phenoxy) is 1. The zero-order valence-corrected chi connectivity index (χ0v) is 12.0. The number of carbonyl (C=O) groups excluding carboxylic acids is 1. The third-order valence-electron chi connectivity index (χ3n) is 2.75. The van der Waals surface area contributed by atoms with Gasteiger partial charge in [-0.15, -0.1) is 0 Å². The number of aromatic nitrogens is 2. The summed E-state index contributed by atoms with van der Waals surface area (Å²) >= 11 is 0. The summed E-state index contributed by atoms with van der Waals surface area (Å²) in [6.45, 7) is 3.95. The van der Waals surface area contributed by atoms with E-state index in [-0.39, 0.29) is 18.4 Å². The first-order valence-electron chi connectivity index (χ1n) is 6.57. The Morgan fingerprint density at radius 3 is 2.60 bits per heavy atom. The lowest BCUT2D eigenvalue weighted by Gasteiger charge is -2.10. The van der Waals surface area contributed by atoms with Gasteiger partial charge in [-0.1, -0.05) is 0 Å². The normalized spacial score (nSPS) is 10.6. The van der Waals surface area contributed by atoms with Crippen molar-refractivity contribution < 1.29 is 9.53 Å². The molecule has 1 amide bonds. The van der Waals surface area contributed by atoms with Gasteiger partial charge in [-0.3, -0.25) is 4.79 Å². The van der Waals surface area contributed by atoms with Crippen LogP contribution in [-0.2, 0) is 18.3 Å². The summed E-state index contributed by atoms with van der Waals surface area (Å²) in [6.07, 6.45) is 3.90. The number of benzene rings is 1. The van der Waals surface area contributed by atoms with E-state index in [0.29, 0.717) is 0 Å². The molecular weight excluding hydrogens is 254 g/mol. The van der Waals surface area contributed by atoms with Crippen LogP contribution in [0.4, 0.5) is 5.69 Å². The van der Waals surface area contributed by atoms with Gasteiger partial charge in [0.2, 0.25) is 5.91 Å². The molecule has 0 bridgehead atoms. The first-order chi connectivity index (χ1) is 9.54. The molecule has 1 heterocycles. The highest BCUT2D eigenvalue weighted by Crippen LogP contribution is 2.17. The average molecular weight is 273 g/mol. The van der Waals surface area contributed by atoms with Crippen molar-refractivity contribution in [3.05, 3.63) is 42.5 Å². The molecule has 2 rings (SSSR count). The van der Waals surface area contributed by atoms with E-state index in [2.05, 4.69) is 10.3 Å². The number of carbonyl (C=O) groups is 1. The van der Waals surface area contributed by atoms with Crippen LogP contribution in [0.5, 0.6) is 5.75 Å². The number of amides is 1. The second-order valence-electron chi connectivity index (χ2n) is 4.87. The first-order valence-corrected chi connectivity index (χ1v) is 6.57. The fourth-order valence-electron chi connectivity index (χ4n) is 1.80. The number of nitrogens with zero attached hydrogens (tertiary/aromatic N) is 2. The monoisotopic (exact) mass is 273 g/mol. The first kappa shape index (κ1) is 14.1. The Hall–Kier alpha value is -2.30. The summed E-state index contributed by atoms with van der Waals surface area (Å²) in [7, 11) is 1.87. The molecule has 0 radical (unpaired) electrons. The molecule has 0 atom stereocenters. The van der Waals surface area contributed by atoms with E-state index in [1.54, 1.807) is 6.20 Å².